The number of halogens is 2. The van der Waals surface area contributed by atoms with E-state index < -0.39 is 24.6 Å². The topological polar surface area (TPSA) is 43.7 Å². The molecule has 0 radical (unpaired) electrons. The summed E-state index contributed by atoms with van der Waals surface area (Å²) in [5.41, 5.74) is 0. The SMILES string of the molecule is C=CCN1CC(O)[C@H](O)[C@@H](C(F)F)C1. The smallest absolute Gasteiger partial charge is 0.245 e. The van der Waals surface area contributed by atoms with Crippen molar-refractivity contribution in [2.24, 2.45) is 5.92 Å². The molecule has 1 aliphatic rings. The first kappa shape index (κ1) is 11.6. The van der Waals surface area contributed by atoms with Gasteiger partial charge in [0.05, 0.1) is 18.1 Å². The highest BCUT2D eigenvalue weighted by molar-refractivity contribution is 4.89. The summed E-state index contributed by atoms with van der Waals surface area (Å²) >= 11 is 0. The zero-order valence-corrected chi connectivity index (χ0v) is 7.81. The number of hydrogen-bond donors (Lipinski definition) is 2. The zero-order chi connectivity index (χ0) is 10.7. The van der Waals surface area contributed by atoms with Crippen LogP contribution in [-0.4, -0.2) is 53.4 Å². The fourth-order valence-corrected chi connectivity index (χ4v) is 1.70. The van der Waals surface area contributed by atoms with Crippen LogP contribution < -0.4 is 0 Å². The van der Waals surface area contributed by atoms with Gasteiger partial charge in [0.25, 0.3) is 0 Å². The molecule has 2 N–H and O–H groups in total. The van der Waals surface area contributed by atoms with Crippen LogP contribution >= 0.6 is 0 Å². The lowest BCUT2D eigenvalue weighted by Gasteiger charge is -2.38. The Morgan fingerprint density at radius 1 is 1.43 bits per heavy atom. The summed E-state index contributed by atoms with van der Waals surface area (Å²) in [6.45, 7) is 4.26. The average Bonchev–Trinajstić information content (AvgIpc) is 2.11. The molecule has 1 heterocycles. The van der Waals surface area contributed by atoms with Crippen molar-refractivity contribution in [2.45, 2.75) is 18.6 Å². The normalized spacial score (nSPS) is 34.8. The molecule has 3 nitrogen and oxygen atoms in total. The first-order valence-electron chi connectivity index (χ1n) is 4.53. The number of hydrogen-bond acceptors (Lipinski definition) is 3. The van der Waals surface area contributed by atoms with Gasteiger partial charge in [-0.15, -0.1) is 6.58 Å². The van der Waals surface area contributed by atoms with E-state index in [0.29, 0.717) is 6.54 Å². The molecule has 14 heavy (non-hydrogen) atoms. The number of nitrogens with zero attached hydrogens (tertiary/aromatic N) is 1. The lowest BCUT2D eigenvalue weighted by molar-refractivity contribution is -0.114. The molecule has 1 fully saturated rings. The predicted octanol–water partition coefficient (Wildman–Crippen LogP) is 0.0911. The van der Waals surface area contributed by atoms with Gasteiger partial charge in [-0.1, -0.05) is 6.08 Å². The number of alkyl halides is 2. The Kier molecular flexibility index (Phi) is 3.97. The van der Waals surface area contributed by atoms with Crippen LogP contribution in [0.15, 0.2) is 12.7 Å². The molecule has 1 saturated heterocycles. The average molecular weight is 207 g/mol. The fraction of sp³-hybridized carbons (Fsp3) is 0.778. The number of likely N-dealkylation sites (tertiary alicyclic amines) is 1. The molecule has 0 aromatic rings. The van der Waals surface area contributed by atoms with E-state index in [1.54, 1.807) is 11.0 Å². The van der Waals surface area contributed by atoms with Crippen molar-refractivity contribution in [3.05, 3.63) is 12.7 Å². The molecule has 0 amide bonds. The number of piperidine rings is 1. The lowest BCUT2D eigenvalue weighted by atomic mass is 9.93. The molecule has 0 aliphatic carbocycles. The minimum atomic E-state index is -2.60. The third-order valence-corrected chi connectivity index (χ3v) is 2.46. The van der Waals surface area contributed by atoms with Gasteiger partial charge in [0, 0.05) is 19.6 Å². The van der Waals surface area contributed by atoms with Gasteiger partial charge in [-0.2, -0.15) is 0 Å². The monoisotopic (exact) mass is 207 g/mol. The Morgan fingerprint density at radius 2 is 2.07 bits per heavy atom. The summed E-state index contributed by atoms with van der Waals surface area (Å²) in [7, 11) is 0. The summed E-state index contributed by atoms with van der Waals surface area (Å²) < 4.78 is 24.9. The van der Waals surface area contributed by atoms with Crippen LogP contribution in [0.1, 0.15) is 0 Å². The highest BCUT2D eigenvalue weighted by Crippen LogP contribution is 2.23. The highest BCUT2D eigenvalue weighted by atomic mass is 19.3. The van der Waals surface area contributed by atoms with Crippen LogP contribution in [0.3, 0.4) is 0 Å². The minimum Gasteiger partial charge on any atom is -0.390 e. The van der Waals surface area contributed by atoms with Gasteiger partial charge >= 0.3 is 0 Å². The predicted molar refractivity (Wildman–Crippen MR) is 48.1 cm³/mol. The molecule has 0 aromatic heterocycles. The van der Waals surface area contributed by atoms with Crippen LogP contribution in [0.2, 0.25) is 0 Å². The third kappa shape index (κ3) is 2.50. The van der Waals surface area contributed by atoms with Gasteiger partial charge in [0.1, 0.15) is 0 Å². The molecule has 3 atom stereocenters. The maximum Gasteiger partial charge on any atom is 0.245 e. The molecule has 0 bridgehead atoms. The summed E-state index contributed by atoms with van der Waals surface area (Å²) in [5.74, 6) is -1.17. The quantitative estimate of drug-likeness (QED) is 0.645. The largest absolute Gasteiger partial charge is 0.390 e. The van der Waals surface area contributed by atoms with Gasteiger partial charge in [-0.05, 0) is 0 Å². The zero-order valence-electron chi connectivity index (χ0n) is 7.81. The Labute approximate surface area is 81.6 Å². The first-order valence-corrected chi connectivity index (χ1v) is 4.53. The molecule has 0 saturated carbocycles. The van der Waals surface area contributed by atoms with Gasteiger partial charge in [0.15, 0.2) is 0 Å². The van der Waals surface area contributed by atoms with Gasteiger partial charge < -0.3 is 10.2 Å². The Bertz CT molecular complexity index is 201. The maximum atomic E-state index is 12.4. The summed E-state index contributed by atoms with van der Waals surface area (Å²) in [4.78, 5) is 1.65. The Morgan fingerprint density at radius 3 is 2.57 bits per heavy atom. The van der Waals surface area contributed by atoms with Crippen molar-refractivity contribution in [3.8, 4) is 0 Å². The van der Waals surface area contributed by atoms with Gasteiger partial charge in [-0.3, -0.25) is 4.90 Å². The number of aliphatic hydroxyl groups excluding tert-OH is 2. The molecule has 0 aromatic carbocycles. The Hall–Kier alpha value is -0.520. The van der Waals surface area contributed by atoms with Crippen molar-refractivity contribution in [1.29, 1.82) is 0 Å². The highest BCUT2D eigenvalue weighted by Gasteiger charge is 2.39. The van der Waals surface area contributed by atoms with E-state index in [4.69, 9.17) is 0 Å². The van der Waals surface area contributed by atoms with Gasteiger partial charge in [0.2, 0.25) is 6.43 Å². The van der Waals surface area contributed by atoms with E-state index >= 15 is 0 Å². The summed E-state index contributed by atoms with van der Waals surface area (Å²) in [6.07, 6.45) is -3.43. The van der Waals surface area contributed by atoms with Crippen LogP contribution in [0, 0.1) is 5.92 Å². The van der Waals surface area contributed by atoms with E-state index in [-0.39, 0.29) is 13.1 Å². The van der Waals surface area contributed by atoms with Crippen molar-refractivity contribution in [2.75, 3.05) is 19.6 Å². The fourth-order valence-electron chi connectivity index (χ4n) is 1.70. The molecule has 1 rings (SSSR count). The van der Waals surface area contributed by atoms with E-state index in [1.165, 1.54) is 0 Å². The maximum absolute atomic E-state index is 12.4. The number of rotatable bonds is 3. The Balaban J connectivity index is 2.61. The van der Waals surface area contributed by atoms with Gasteiger partial charge in [-0.25, -0.2) is 8.78 Å². The second-order valence-corrected chi connectivity index (χ2v) is 3.56. The van der Waals surface area contributed by atoms with E-state index in [9.17, 15) is 19.0 Å². The first-order chi connectivity index (χ1) is 6.56. The van der Waals surface area contributed by atoms with Crippen LogP contribution in [0.25, 0.3) is 0 Å². The summed E-state index contributed by atoms with van der Waals surface area (Å²) in [5, 5.41) is 18.6. The lowest BCUT2D eigenvalue weighted by Crippen LogP contribution is -2.54. The van der Waals surface area contributed by atoms with E-state index in [2.05, 4.69) is 6.58 Å². The van der Waals surface area contributed by atoms with E-state index in [0.717, 1.165) is 0 Å². The van der Waals surface area contributed by atoms with Crippen molar-refractivity contribution in [1.82, 2.24) is 4.90 Å². The molecule has 1 aliphatic heterocycles. The minimum absolute atomic E-state index is 0.0991. The second-order valence-electron chi connectivity index (χ2n) is 3.56. The van der Waals surface area contributed by atoms with Crippen molar-refractivity contribution in [3.63, 3.8) is 0 Å². The van der Waals surface area contributed by atoms with Crippen LogP contribution in [0.5, 0.6) is 0 Å². The van der Waals surface area contributed by atoms with Crippen LogP contribution in [-0.2, 0) is 0 Å². The van der Waals surface area contributed by atoms with E-state index in [1.807, 2.05) is 0 Å². The molecular formula is C9H15F2NO2. The molecule has 82 valence electrons. The second kappa shape index (κ2) is 4.82. The number of β-amino-alcohol motifs (C(OH)–C–C–N with tert-alkyl or cyclic N) is 1. The van der Waals surface area contributed by atoms with Crippen LogP contribution in [0.4, 0.5) is 8.78 Å². The molecule has 0 spiro atoms. The molecule has 5 heteroatoms. The summed E-state index contributed by atoms with van der Waals surface area (Å²) in [6, 6.07) is 0. The van der Waals surface area contributed by atoms with Crippen molar-refractivity contribution >= 4 is 0 Å². The number of aliphatic hydroxyl groups is 2. The van der Waals surface area contributed by atoms with Crippen molar-refractivity contribution < 1.29 is 19.0 Å². The molecular weight excluding hydrogens is 192 g/mol. The standard InChI is InChI=1S/C9H15F2NO2/c1-2-3-12-4-6(9(10)11)8(14)7(13)5-12/h2,6-9,13-14H,1,3-5H2/t6-,7?,8+/m0/s1. The third-order valence-electron chi connectivity index (χ3n) is 2.46. The molecule has 1 unspecified atom stereocenters.